The van der Waals surface area contributed by atoms with Gasteiger partial charge in [0.25, 0.3) is 11.6 Å². The van der Waals surface area contributed by atoms with Crippen molar-refractivity contribution in [3.8, 4) is 0 Å². The van der Waals surface area contributed by atoms with E-state index >= 15 is 0 Å². The zero-order valence-electron chi connectivity index (χ0n) is 9.57. The number of nitrogens with one attached hydrogen (secondary N) is 1. The summed E-state index contributed by atoms with van der Waals surface area (Å²) in [5.74, 6) is -0.465. The molecule has 0 saturated heterocycles. The third-order valence-electron chi connectivity index (χ3n) is 2.26. The monoisotopic (exact) mass is 279 g/mol. The predicted octanol–water partition coefficient (Wildman–Crippen LogP) is 0.958. The van der Waals surface area contributed by atoms with Crippen LogP contribution in [0.5, 0.6) is 0 Å². The maximum atomic E-state index is 11.7. The topological polar surface area (TPSA) is 124 Å². The fraction of sp³-hybridized carbons (Fsp3) is 0.100. The summed E-state index contributed by atoms with van der Waals surface area (Å²) in [6.45, 7) is 0.0372. The van der Waals surface area contributed by atoms with Crippen LogP contribution in [0, 0.1) is 10.1 Å². The van der Waals surface area contributed by atoms with E-state index in [9.17, 15) is 14.9 Å². The number of hydrogen-bond donors (Lipinski definition) is 2. The van der Waals surface area contributed by atoms with E-state index in [-0.39, 0.29) is 22.4 Å². The summed E-state index contributed by atoms with van der Waals surface area (Å²) >= 11 is 0.951. The quantitative estimate of drug-likeness (QED) is 0.634. The van der Waals surface area contributed by atoms with E-state index in [0.717, 1.165) is 11.3 Å². The minimum atomic E-state index is -0.496. The summed E-state index contributed by atoms with van der Waals surface area (Å²) in [5.41, 5.74) is 5.74. The Hall–Kier alpha value is -2.55. The lowest BCUT2D eigenvalue weighted by molar-refractivity contribution is -0.385. The molecule has 0 saturated carbocycles. The summed E-state index contributed by atoms with van der Waals surface area (Å²) in [7, 11) is 0. The minimum Gasteiger partial charge on any atom is -0.374 e. The van der Waals surface area contributed by atoms with Gasteiger partial charge in [0.1, 0.15) is 0 Å². The summed E-state index contributed by atoms with van der Waals surface area (Å²) in [4.78, 5) is 22.0. The molecule has 3 N–H and O–H groups in total. The van der Waals surface area contributed by atoms with Crippen molar-refractivity contribution in [2.24, 2.45) is 0 Å². The second-order valence-corrected chi connectivity index (χ2v) is 4.52. The first-order valence-corrected chi connectivity index (χ1v) is 5.99. The van der Waals surface area contributed by atoms with E-state index < -0.39 is 10.8 Å². The van der Waals surface area contributed by atoms with E-state index in [1.54, 1.807) is 18.2 Å². The molecule has 1 amide bonds. The first kappa shape index (κ1) is 12.9. The van der Waals surface area contributed by atoms with Crippen LogP contribution in [0.2, 0.25) is 0 Å². The number of nitrogens with two attached hydrogens (primary N) is 1. The van der Waals surface area contributed by atoms with Crippen molar-refractivity contribution >= 4 is 28.1 Å². The Morgan fingerprint density at radius 2 is 2.16 bits per heavy atom. The fourth-order valence-corrected chi connectivity index (χ4v) is 1.94. The van der Waals surface area contributed by atoms with E-state index in [4.69, 9.17) is 5.73 Å². The van der Waals surface area contributed by atoms with Crippen LogP contribution < -0.4 is 11.1 Å². The lowest BCUT2D eigenvalue weighted by Crippen LogP contribution is -2.23. The number of nitro benzene ring substituents is 1. The van der Waals surface area contributed by atoms with Crippen molar-refractivity contribution in [3.05, 3.63) is 45.0 Å². The van der Waals surface area contributed by atoms with Gasteiger partial charge in [-0.3, -0.25) is 14.9 Å². The molecule has 8 nitrogen and oxygen atoms in total. The number of carbonyl (C=O) groups excluding carboxylic acids is 1. The molecule has 0 unspecified atom stereocenters. The van der Waals surface area contributed by atoms with Crippen molar-refractivity contribution in [1.29, 1.82) is 0 Å². The smallest absolute Gasteiger partial charge is 0.282 e. The molecular formula is C10H9N5O3S. The van der Waals surface area contributed by atoms with Crippen LogP contribution in [0.15, 0.2) is 24.3 Å². The zero-order chi connectivity index (χ0) is 13.8. The standard InChI is InChI=1S/C10H9N5O3S/c11-10-14-13-9(19-10)8(16)12-5-6-3-1-2-4-7(6)15(17)18/h1-4H,5H2,(H2,11,14)(H,12,16). The van der Waals surface area contributed by atoms with Crippen LogP contribution in [-0.2, 0) is 6.54 Å². The molecule has 19 heavy (non-hydrogen) atoms. The maximum absolute atomic E-state index is 11.7. The molecule has 0 aliphatic heterocycles. The molecule has 9 heteroatoms. The molecule has 0 radical (unpaired) electrons. The minimum absolute atomic E-state index is 0.0372. The van der Waals surface area contributed by atoms with Crippen LogP contribution in [0.4, 0.5) is 10.8 Å². The second-order valence-electron chi connectivity index (χ2n) is 3.51. The largest absolute Gasteiger partial charge is 0.374 e. The van der Waals surface area contributed by atoms with E-state index in [1.165, 1.54) is 6.07 Å². The number of amides is 1. The zero-order valence-corrected chi connectivity index (χ0v) is 10.4. The molecular weight excluding hydrogens is 270 g/mol. The first-order chi connectivity index (χ1) is 9.08. The van der Waals surface area contributed by atoms with Gasteiger partial charge in [0.05, 0.1) is 4.92 Å². The Morgan fingerprint density at radius 1 is 1.42 bits per heavy atom. The third-order valence-corrected chi connectivity index (χ3v) is 3.01. The van der Waals surface area contributed by atoms with Crippen molar-refractivity contribution < 1.29 is 9.72 Å². The van der Waals surface area contributed by atoms with E-state index in [2.05, 4.69) is 15.5 Å². The molecule has 98 valence electrons. The molecule has 0 aliphatic rings. The molecule has 1 aromatic heterocycles. The van der Waals surface area contributed by atoms with Crippen LogP contribution in [0.1, 0.15) is 15.4 Å². The summed E-state index contributed by atoms with van der Waals surface area (Å²) < 4.78 is 0. The van der Waals surface area contributed by atoms with Gasteiger partial charge < -0.3 is 11.1 Å². The Labute approximate surface area is 111 Å². The number of nitrogens with zero attached hydrogens (tertiary/aromatic N) is 3. The number of aromatic nitrogens is 2. The summed E-state index contributed by atoms with van der Waals surface area (Å²) in [6.07, 6.45) is 0. The molecule has 0 bridgehead atoms. The highest BCUT2D eigenvalue weighted by atomic mass is 32.1. The highest BCUT2D eigenvalue weighted by Gasteiger charge is 2.15. The number of rotatable bonds is 4. The molecule has 0 aliphatic carbocycles. The molecule has 0 fully saturated rings. The number of carbonyl (C=O) groups is 1. The van der Waals surface area contributed by atoms with Crippen LogP contribution >= 0.6 is 11.3 Å². The Kier molecular flexibility index (Phi) is 3.66. The fourth-order valence-electron chi connectivity index (χ4n) is 1.42. The van der Waals surface area contributed by atoms with Gasteiger partial charge in [-0.2, -0.15) is 0 Å². The van der Waals surface area contributed by atoms with Crippen LogP contribution in [0.25, 0.3) is 0 Å². The maximum Gasteiger partial charge on any atom is 0.282 e. The van der Waals surface area contributed by atoms with Crippen molar-refractivity contribution in [2.45, 2.75) is 6.54 Å². The SMILES string of the molecule is Nc1nnc(C(=O)NCc2ccccc2[N+](=O)[O-])s1. The van der Waals surface area contributed by atoms with Crippen LogP contribution in [0.3, 0.4) is 0 Å². The van der Waals surface area contributed by atoms with Gasteiger partial charge in [-0.1, -0.05) is 29.5 Å². The lowest BCUT2D eigenvalue weighted by atomic mass is 10.2. The van der Waals surface area contributed by atoms with Gasteiger partial charge in [-0.15, -0.1) is 10.2 Å². The van der Waals surface area contributed by atoms with E-state index in [0.29, 0.717) is 5.56 Å². The average Bonchev–Trinajstić information content (AvgIpc) is 2.83. The number of anilines is 1. The molecule has 0 spiro atoms. The molecule has 2 rings (SSSR count). The van der Waals surface area contributed by atoms with Gasteiger partial charge in [-0.05, 0) is 0 Å². The van der Waals surface area contributed by atoms with Crippen molar-refractivity contribution in [1.82, 2.24) is 15.5 Å². The summed E-state index contributed by atoms with van der Waals surface area (Å²) in [6, 6.07) is 6.18. The van der Waals surface area contributed by atoms with Gasteiger partial charge >= 0.3 is 0 Å². The first-order valence-electron chi connectivity index (χ1n) is 5.17. The van der Waals surface area contributed by atoms with Gasteiger partial charge in [0, 0.05) is 18.2 Å². The molecule has 1 heterocycles. The van der Waals surface area contributed by atoms with Crippen molar-refractivity contribution in [2.75, 3.05) is 5.73 Å². The van der Waals surface area contributed by atoms with E-state index in [1.807, 2.05) is 0 Å². The normalized spacial score (nSPS) is 10.1. The number of nitrogen functional groups attached to an aromatic ring is 1. The predicted molar refractivity (Wildman–Crippen MR) is 68.6 cm³/mol. The number of para-hydroxylation sites is 1. The van der Waals surface area contributed by atoms with Gasteiger partial charge in [0.2, 0.25) is 10.1 Å². The van der Waals surface area contributed by atoms with Gasteiger partial charge in [-0.25, -0.2) is 0 Å². The highest BCUT2D eigenvalue weighted by Crippen LogP contribution is 2.17. The Morgan fingerprint density at radius 3 is 2.79 bits per heavy atom. The molecule has 0 atom stereocenters. The number of benzene rings is 1. The number of nitro groups is 1. The Bertz CT molecular complexity index is 627. The molecule has 1 aromatic carbocycles. The summed E-state index contributed by atoms with van der Waals surface area (Å²) in [5, 5.41) is 20.7. The third kappa shape index (κ3) is 3.01. The number of hydrogen-bond acceptors (Lipinski definition) is 7. The Balaban J connectivity index is 2.07. The lowest BCUT2D eigenvalue weighted by Gasteiger charge is -2.03. The van der Waals surface area contributed by atoms with Crippen molar-refractivity contribution in [3.63, 3.8) is 0 Å². The second kappa shape index (κ2) is 5.40. The highest BCUT2D eigenvalue weighted by molar-refractivity contribution is 7.16. The van der Waals surface area contributed by atoms with Gasteiger partial charge in [0.15, 0.2) is 0 Å². The molecule has 2 aromatic rings. The average molecular weight is 279 g/mol. The van der Waals surface area contributed by atoms with Crippen LogP contribution in [-0.4, -0.2) is 21.0 Å².